The fourth-order valence-corrected chi connectivity index (χ4v) is 1.86. The average molecular weight is 206 g/mol. The maximum absolute atomic E-state index is 9.46. The normalized spacial score (nSPS) is 13.2. The molecule has 0 heterocycles. The van der Waals surface area contributed by atoms with Gasteiger partial charge < -0.3 is 5.11 Å². The van der Waals surface area contributed by atoms with Gasteiger partial charge in [-0.15, -0.1) is 0 Å². The third-order valence-electron chi connectivity index (χ3n) is 2.79. The summed E-state index contributed by atoms with van der Waals surface area (Å²) >= 11 is 0. The summed E-state index contributed by atoms with van der Waals surface area (Å²) in [5, 5.41) is 9.46. The van der Waals surface area contributed by atoms with Crippen molar-refractivity contribution in [1.82, 2.24) is 0 Å². The Morgan fingerprint density at radius 2 is 1.80 bits per heavy atom. The zero-order valence-electron chi connectivity index (χ0n) is 10.2. The van der Waals surface area contributed by atoms with E-state index in [1.807, 2.05) is 6.92 Å². The standard InChI is InChI=1S/C14H22O/c1-5-12-6-7-13(10(2)3)9-14(12)8-11(4)15/h6-7,9-11,15H,5,8H2,1-4H3. The molecule has 1 N–H and O–H groups in total. The molecule has 1 aromatic carbocycles. The lowest BCUT2D eigenvalue weighted by atomic mass is 9.93. The van der Waals surface area contributed by atoms with Crippen LogP contribution in [0.25, 0.3) is 0 Å². The van der Waals surface area contributed by atoms with Crippen molar-refractivity contribution in [2.24, 2.45) is 0 Å². The van der Waals surface area contributed by atoms with Gasteiger partial charge in [0.15, 0.2) is 0 Å². The van der Waals surface area contributed by atoms with Crippen LogP contribution in [0.2, 0.25) is 0 Å². The molecule has 0 aromatic heterocycles. The number of benzene rings is 1. The van der Waals surface area contributed by atoms with E-state index >= 15 is 0 Å². The van der Waals surface area contributed by atoms with Crippen molar-refractivity contribution in [1.29, 1.82) is 0 Å². The molecule has 1 unspecified atom stereocenters. The first-order valence-electron chi connectivity index (χ1n) is 5.84. The molecule has 1 heteroatoms. The highest BCUT2D eigenvalue weighted by Crippen LogP contribution is 2.20. The molecule has 1 aromatic rings. The van der Waals surface area contributed by atoms with E-state index in [9.17, 15) is 5.11 Å². The van der Waals surface area contributed by atoms with Crippen LogP contribution in [0.1, 0.15) is 50.3 Å². The summed E-state index contributed by atoms with van der Waals surface area (Å²) in [6, 6.07) is 6.65. The van der Waals surface area contributed by atoms with Gasteiger partial charge in [0.1, 0.15) is 0 Å². The predicted octanol–water partition coefficient (Wildman–Crippen LogP) is 3.30. The van der Waals surface area contributed by atoms with Gasteiger partial charge in [-0.1, -0.05) is 39.0 Å². The fourth-order valence-electron chi connectivity index (χ4n) is 1.86. The molecule has 0 saturated carbocycles. The topological polar surface area (TPSA) is 20.2 Å². The second-order valence-corrected chi connectivity index (χ2v) is 4.59. The fraction of sp³-hybridized carbons (Fsp3) is 0.571. The van der Waals surface area contributed by atoms with E-state index < -0.39 is 0 Å². The maximum atomic E-state index is 9.46. The van der Waals surface area contributed by atoms with Crippen molar-refractivity contribution in [3.05, 3.63) is 34.9 Å². The van der Waals surface area contributed by atoms with Gasteiger partial charge >= 0.3 is 0 Å². The van der Waals surface area contributed by atoms with Gasteiger partial charge in [-0.25, -0.2) is 0 Å². The Bertz CT molecular complexity index is 313. The molecule has 0 fully saturated rings. The molecule has 0 spiro atoms. The highest BCUT2D eigenvalue weighted by atomic mass is 16.3. The van der Waals surface area contributed by atoms with Gasteiger partial charge in [0, 0.05) is 0 Å². The van der Waals surface area contributed by atoms with Crippen molar-refractivity contribution in [2.45, 2.75) is 52.6 Å². The number of hydrogen-bond acceptors (Lipinski definition) is 1. The van der Waals surface area contributed by atoms with E-state index in [0.29, 0.717) is 5.92 Å². The summed E-state index contributed by atoms with van der Waals surface area (Å²) in [5.74, 6) is 0.559. The summed E-state index contributed by atoms with van der Waals surface area (Å²) in [6.45, 7) is 8.41. The first-order chi connectivity index (χ1) is 7.04. The number of hydrogen-bond donors (Lipinski definition) is 1. The van der Waals surface area contributed by atoms with E-state index in [1.54, 1.807) is 0 Å². The molecule has 0 aliphatic heterocycles. The molecule has 0 radical (unpaired) electrons. The van der Waals surface area contributed by atoms with Crippen LogP contribution in [0.4, 0.5) is 0 Å². The quantitative estimate of drug-likeness (QED) is 0.801. The molecule has 1 rings (SSSR count). The number of aliphatic hydroxyl groups excluding tert-OH is 1. The molecule has 15 heavy (non-hydrogen) atoms. The highest BCUT2D eigenvalue weighted by molar-refractivity contribution is 5.34. The minimum atomic E-state index is -0.252. The van der Waals surface area contributed by atoms with Gasteiger partial charge in [0.25, 0.3) is 0 Å². The van der Waals surface area contributed by atoms with Crippen molar-refractivity contribution in [3.63, 3.8) is 0 Å². The summed E-state index contributed by atoms with van der Waals surface area (Å²) < 4.78 is 0. The Morgan fingerprint density at radius 3 is 2.27 bits per heavy atom. The Balaban J connectivity index is 3.02. The predicted molar refractivity (Wildman–Crippen MR) is 65.3 cm³/mol. The molecule has 0 bridgehead atoms. The van der Waals surface area contributed by atoms with Crippen LogP contribution in [-0.4, -0.2) is 11.2 Å². The molecule has 84 valence electrons. The number of aliphatic hydroxyl groups is 1. The van der Waals surface area contributed by atoms with E-state index in [1.165, 1.54) is 16.7 Å². The lowest BCUT2D eigenvalue weighted by molar-refractivity contribution is 0.195. The first-order valence-corrected chi connectivity index (χ1v) is 5.84. The van der Waals surface area contributed by atoms with Crippen molar-refractivity contribution in [3.8, 4) is 0 Å². The van der Waals surface area contributed by atoms with E-state index in [2.05, 4.69) is 39.0 Å². The lowest BCUT2D eigenvalue weighted by Gasteiger charge is -2.13. The first kappa shape index (κ1) is 12.3. The van der Waals surface area contributed by atoms with Crippen molar-refractivity contribution < 1.29 is 5.11 Å². The molecule has 1 atom stereocenters. The van der Waals surface area contributed by atoms with Gasteiger partial charge in [-0.2, -0.15) is 0 Å². The van der Waals surface area contributed by atoms with Crippen LogP contribution in [0, 0.1) is 0 Å². The zero-order chi connectivity index (χ0) is 11.4. The summed E-state index contributed by atoms with van der Waals surface area (Å²) in [5.41, 5.74) is 4.03. The zero-order valence-corrected chi connectivity index (χ0v) is 10.2. The summed E-state index contributed by atoms with van der Waals surface area (Å²) in [7, 11) is 0. The second-order valence-electron chi connectivity index (χ2n) is 4.59. The SMILES string of the molecule is CCc1ccc(C(C)C)cc1CC(C)O. The Labute approximate surface area is 93.1 Å². The van der Waals surface area contributed by atoms with Crippen LogP contribution >= 0.6 is 0 Å². The Morgan fingerprint density at radius 1 is 1.13 bits per heavy atom. The van der Waals surface area contributed by atoms with Crippen molar-refractivity contribution >= 4 is 0 Å². The van der Waals surface area contributed by atoms with Gasteiger partial charge in [-0.3, -0.25) is 0 Å². The third-order valence-corrected chi connectivity index (χ3v) is 2.79. The minimum absolute atomic E-state index is 0.252. The highest BCUT2D eigenvalue weighted by Gasteiger charge is 2.07. The third kappa shape index (κ3) is 3.35. The monoisotopic (exact) mass is 206 g/mol. The van der Waals surface area contributed by atoms with E-state index in [0.717, 1.165) is 12.8 Å². The Hall–Kier alpha value is -0.820. The molecular formula is C14H22O. The molecule has 1 nitrogen and oxygen atoms in total. The van der Waals surface area contributed by atoms with Crippen LogP contribution < -0.4 is 0 Å². The molecular weight excluding hydrogens is 184 g/mol. The summed E-state index contributed by atoms with van der Waals surface area (Å²) in [6.07, 6.45) is 1.56. The molecule has 0 aliphatic rings. The van der Waals surface area contributed by atoms with Crippen LogP contribution in [-0.2, 0) is 12.8 Å². The average Bonchev–Trinajstić information content (AvgIpc) is 2.16. The van der Waals surface area contributed by atoms with Crippen LogP contribution in [0.15, 0.2) is 18.2 Å². The number of rotatable bonds is 4. The Kier molecular flexibility index (Phi) is 4.34. The molecule has 0 saturated heterocycles. The van der Waals surface area contributed by atoms with Gasteiger partial charge in [-0.05, 0) is 42.4 Å². The maximum Gasteiger partial charge on any atom is 0.0552 e. The minimum Gasteiger partial charge on any atom is -0.393 e. The van der Waals surface area contributed by atoms with Crippen LogP contribution in [0.3, 0.4) is 0 Å². The lowest BCUT2D eigenvalue weighted by Crippen LogP contribution is -2.07. The van der Waals surface area contributed by atoms with E-state index in [4.69, 9.17) is 0 Å². The largest absolute Gasteiger partial charge is 0.393 e. The molecule has 0 aliphatic carbocycles. The smallest absolute Gasteiger partial charge is 0.0552 e. The van der Waals surface area contributed by atoms with Crippen LogP contribution in [0.5, 0.6) is 0 Å². The molecule has 0 amide bonds. The van der Waals surface area contributed by atoms with Crippen molar-refractivity contribution in [2.75, 3.05) is 0 Å². The summed E-state index contributed by atoms with van der Waals surface area (Å²) in [4.78, 5) is 0. The van der Waals surface area contributed by atoms with Gasteiger partial charge in [0.2, 0.25) is 0 Å². The number of aryl methyl sites for hydroxylation is 1. The van der Waals surface area contributed by atoms with Gasteiger partial charge in [0.05, 0.1) is 6.10 Å². The van der Waals surface area contributed by atoms with E-state index in [-0.39, 0.29) is 6.10 Å². The second kappa shape index (κ2) is 5.32.